The molecule has 1 N–H and O–H groups in total. The van der Waals surface area contributed by atoms with Crippen molar-refractivity contribution in [3.63, 3.8) is 0 Å². The lowest BCUT2D eigenvalue weighted by atomic mass is 10.2. The number of rotatable bonds is 2. The van der Waals surface area contributed by atoms with Crippen LogP contribution in [0.1, 0.15) is 37.0 Å². The number of aromatic nitrogens is 1. The van der Waals surface area contributed by atoms with Gasteiger partial charge in [-0.15, -0.1) is 0 Å². The Morgan fingerprint density at radius 1 is 1.32 bits per heavy atom. The number of amides is 2. The van der Waals surface area contributed by atoms with Crippen molar-refractivity contribution < 1.29 is 14.7 Å². The summed E-state index contributed by atoms with van der Waals surface area (Å²) in [6.45, 7) is 0.0156. The van der Waals surface area contributed by atoms with Gasteiger partial charge in [0, 0.05) is 19.3 Å². The van der Waals surface area contributed by atoms with Crippen LogP contribution in [0.3, 0.4) is 0 Å². The molecule has 0 aromatic carbocycles. The van der Waals surface area contributed by atoms with Crippen LogP contribution in [0.15, 0.2) is 6.20 Å². The summed E-state index contributed by atoms with van der Waals surface area (Å²) < 4.78 is 0. The lowest BCUT2D eigenvalue weighted by molar-refractivity contribution is -0.125. The zero-order chi connectivity index (χ0) is 13.7. The summed E-state index contributed by atoms with van der Waals surface area (Å²) >= 11 is 1.22. The Hall–Kier alpha value is -1.71. The van der Waals surface area contributed by atoms with Crippen LogP contribution in [0, 0.1) is 11.8 Å². The van der Waals surface area contributed by atoms with Crippen molar-refractivity contribution in [3.8, 4) is 11.8 Å². The molecule has 6 heteroatoms. The van der Waals surface area contributed by atoms with Crippen molar-refractivity contribution in [2.45, 2.75) is 32.1 Å². The summed E-state index contributed by atoms with van der Waals surface area (Å²) in [4.78, 5) is 29.8. The average molecular weight is 278 g/mol. The highest BCUT2D eigenvalue weighted by atomic mass is 32.1. The van der Waals surface area contributed by atoms with E-state index in [2.05, 4.69) is 16.8 Å². The Balaban J connectivity index is 2.19. The van der Waals surface area contributed by atoms with Crippen molar-refractivity contribution in [2.75, 3.05) is 11.5 Å². The van der Waals surface area contributed by atoms with E-state index in [4.69, 9.17) is 5.11 Å². The van der Waals surface area contributed by atoms with Gasteiger partial charge in [0.1, 0.15) is 0 Å². The largest absolute Gasteiger partial charge is 0.395 e. The molecule has 1 aromatic heterocycles. The van der Waals surface area contributed by atoms with Crippen LogP contribution in [-0.4, -0.2) is 28.5 Å². The number of carbonyl (C=O) groups excluding carboxylic acids is 2. The molecule has 0 bridgehead atoms. The monoisotopic (exact) mass is 278 g/mol. The summed E-state index contributed by atoms with van der Waals surface area (Å²) in [6.07, 6.45) is 4.21. The van der Waals surface area contributed by atoms with Crippen molar-refractivity contribution in [1.82, 2.24) is 4.98 Å². The summed E-state index contributed by atoms with van der Waals surface area (Å²) in [6, 6.07) is 0. The molecule has 1 aliphatic rings. The second kappa shape index (κ2) is 6.45. The first-order valence-corrected chi connectivity index (χ1v) is 6.95. The second-order valence-electron chi connectivity index (χ2n) is 4.11. The van der Waals surface area contributed by atoms with Crippen LogP contribution in [0.5, 0.6) is 0 Å². The molecule has 0 aliphatic carbocycles. The van der Waals surface area contributed by atoms with E-state index in [-0.39, 0.29) is 18.4 Å². The lowest BCUT2D eigenvalue weighted by Crippen LogP contribution is -2.34. The molecule has 0 radical (unpaired) electrons. The third-order valence-corrected chi connectivity index (χ3v) is 3.56. The fourth-order valence-electron chi connectivity index (χ4n) is 1.76. The van der Waals surface area contributed by atoms with E-state index < -0.39 is 0 Å². The normalized spacial score (nSPS) is 15.9. The van der Waals surface area contributed by atoms with E-state index in [1.807, 2.05) is 0 Å². The summed E-state index contributed by atoms with van der Waals surface area (Å²) in [5.74, 6) is 5.26. The predicted octanol–water partition coefficient (Wildman–Crippen LogP) is 1.31. The predicted molar refractivity (Wildman–Crippen MR) is 71.7 cm³/mol. The summed E-state index contributed by atoms with van der Waals surface area (Å²) in [5.41, 5.74) is 0. The molecule has 0 unspecified atom stereocenters. The molecule has 100 valence electrons. The van der Waals surface area contributed by atoms with Gasteiger partial charge in [-0.05, 0) is 12.8 Å². The van der Waals surface area contributed by atoms with Gasteiger partial charge in [0.2, 0.25) is 11.8 Å². The molecule has 2 rings (SSSR count). The molecule has 19 heavy (non-hydrogen) atoms. The smallest absolute Gasteiger partial charge is 0.235 e. The molecule has 0 saturated carbocycles. The molecule has 1 aliphatic heterocycles. The Morgan fingerprint density at radius 2 is 2.00 bits per heavy atom. The maximum absolute atomic E-state index is 11.9. The third-order valence-electron chi connectivity index (χ3n) is 2.66. The number of nitrogens with zero attached hydrogens (tertiary/aromatic N) is 2. The van der Waals surface area contributed by atoms with E-state index in [1.165, 1.54) is 16.2 Å². The van der Waals surface area contributed by atoms with Gasteiger partial charge in [0.05, 0.1) is 17.7 Å². The molecule has 0 spiro atoms. The van der Waals surface area contributed by atoms with E-state index >= 15 is 0 Å². The van der Waals surface area contributed by atoms with Crippen LogP contribution in [0.4, 0.5) is 5.13 Å². The number of anilines is 1. The number of carbonyl (C=O) groups is 2. The zero-order valence-corrected chi connectivity index (χ0v) is 11.2. The van der Waals surface area contributed by atoms with E-state index in [0.717, 1.165) is 12.8 Å². The molecule has 0 atom stereocenters. The van der Waals surface area contributed by atoms with E-state index in [1.54, 1.807) is 6.20 Å². The maximum atomic E-state index is 11.9. The Labute approximate surface area is 115 Å². The van der Waals surface area contributed by atoms with Crippen molar-refractivity contribution in [1.29, 1.82) is 0 Å². The van der Waals surface area contributed by atoms with Gasteiger partial charge in [0.15, 0.2) is 5.13 Å². The number of aliphatic hydroxyl groups excluding tert-OH is 1. The van der Waals surface area contributed by atoms with Crippen molar-refractivity contribution >= 4 is 28.3 Å². The summed E-state index contributed by atoms with van der Waals surface area (Å²) in [7, 11) is 0. The second-order valence-corrected chi connectivity index (χ2v) is 5.12. The topological polar surface area (TPSA) is 70.5 Å². The third kappa shape index (κ3) is 3.40. The molecular formula is C13H14N2O3S. The Bertz CT molecular complexity index is 524. The van der Waals surface area contributed by atoms with E-state index in [9.17, 15) is 9.59 Å². The Morgan fingerprint density at radius 3 is 2.63 bits per heavy atom. The van der Waals surface area contributed by atoms with Crippen LogP contribution < -0.4 is 4.90 Å². The average Bonchev–Trinajstić information content (AvgIpc) is 2.77. The number of aliphatic hydroxyl groups is 1. The van der Waals surface area contributed by atoms with Gasteiger partial charge in [-0.2, -0.15) is 0 Å². The van der Waals surface area contributed by atoms with Crippen molar-refractivity contribution in [3.05, 3.63) is 11.1 Å². The standard InChI is InChI=1S/C13H14N2O3S/c16-8-4-3-5-10-9-14-13(19-10)15-11(17)6-1-2-7-12(15)18/h9,16H,1-2,4,6-8H2. The van der Waals surface area contributed by atoms with Gasteiger partial charge < -0.3 is 5.11 Å². The number of hydrogen-bond acceptors (Lipinski definition) is 5. The fraction of sp³-hybridized carbons (Fsp3) is 0.462. The first-order valence-electron chi connectivity index (χ1n) is 6.13. The van der Waals surface area contributed by atoms with Gasteiger partial charge in [-0.3, -0.25) is 9.59 Å². The molecule has 1 saturated heterocycles. The maximum Gasteiger partial charge on any atom is 0.235 e. The van der Waals surface area contributed by atoms with Crippen LogP contribution in [-0.2, 0) is 9.59 Å². The molecule has 2 heterocycles. The van der Waals surface area contributed by atoms with Gasteiger partial charge in [-0.25, -0.2) is 9.88 Å². The minimum Gasteiger partial charge on any atom is -0.395 e. The first kappa shape index (κ1) is 13.7. The van der Waals surface area contributed by atoms with Gasteiger partial charge in [-0.1, -0.05) is 23.2 Å². The van der Waals surface area contributed by atoms with Gasteiger partial charge in [0.25, 0.3) is 0 Å². The molecule has 5 nitrogen and oxygen atoms in total. The minimum absolute atomic E-state index is 0.0156. The lowest BCUT2D eigenvalue weighted by Gasteiger charge is -2.14. The highest BCUT2D eigenvalue weighted by Crippen LogP contribution is 2.26. The van der Waals surface area contributed by atoms with Crippen LogP contribution in [0.2, 0.25) is 0 Å². The molecule has 1 fully saturated rings. The molecule has 1 aromatic rings. The first-order chi connectivity index (χ1) is 9.22. The van der Waals surface area contributed by atoms with Crippen LogP contribution >= 0.6 is 11.3 Å². The highest BCUT2D eigenvalue weighted by Gasteiger charge is 2.27. The quantitative estimate of drug-likeness (QED) is 0.654. The summed E-state index contributed by atoms with van der Waals surface area (Å²) in [5, 5.41) is 9.04. The minimum atomic E-state index is -0.188. The molecular weight excluding hydrogens is 264 g/mol. The number of thiazole rings is 1. The zero-order valence-electron chi connectivity index (χ0n) is 10.4. The van der Waals surface area contributed by atoms with Crippen LogP contribution in [0.25, 0.3) is 0 Å². The fourth-order valence-corrected chi connectivity index (χ4v) is 2.59. The molecule has 2 amide bonds. The highest BCUT2D eigenvalue weighted by molar-refractivity contribution is 7.16. The number of imide groups is 1. The number of hydrogen-bond donors (Lipinski definition) is 1. The van der Waals surface area contributed by atoms with Crippen molar-refractivity contribution in [2.24, 2.45) is 0 Å². The van der Waals surface area contributed by atoms with Gasteiger partial charge >= 0.3 is 0 Å². The van der Waals surface area contributed by atoms with E-state index in [0.29, 0.717) is 29.3 Å². The Kier molecular flexibility index (Phi) is 4.66. The SMILES string of the molecule is O=C1CCCCC(=O)N1c1ncc(C#CCCO)s1.